The molecule has 1 unspecified atom stereocenters. The van der Waals surface area contributed by atoms with Crippen molar-refractivity contribution in [2.75, 3.05) is 13.1 Å². The third-order valence-electron chi connectivity index (χ3n) is 3.39. The average Bonchev–Trinajstić information content (AvgIpc) is 2.91. The Morgan fingerprint density at radius 3 is 2.86 bits per heavy atom. The number of piperidine rings is 1. The number of hydrogen-bond acceptors (Lipinski definition) is 3. The van der Waals surface area contributed by atoms with Crippen LogP contribution < -0.4 is 0 Å². The predicted molar refractivity (Wildman–Crippen MR) is 53.6 cm³/mol. The van der Waals surface area contributed by atoms with Crippen molar-refractivity contribution >= 4 is 6.08 Å². The van der Waals surface area contributed by atoms with Crippen molar-refractivity contribution in [2.45, 2.75) is 18.9 Å². The van der Waals surface area contributed by atoms with E-state index in [4.69, 9.17) is 4.52 Å². The Labute approximate surface area is 83.4 Å². The topological polar surface area (TPSA) is 29.3 Å². The molecular formula is C11H14N2O. The molecule has 14 heavy (non-hydrogen) atoms. The van der Waals surface area contributed by atoms with Crippen LogP contribution in [0.4, 0.5) is 0 Å². The van der Waals surface area contributed by atoms with E-state index in [2.05, 4.69) is 16.1 Å². The van der Waals surface area contributed by atoms with Gasteiger partial charge < -0.3 is 4.52 Å². The standard InChI is InChI=1S/C11H14N2O/c1(10-3-6-12-14-10)2-11-9-4-7-13(11)8-5-9/h1-3,6,9,11H,4-5,7-8H2/b2-1-. The molecule has 0 amide bonds. The lowest BCUT2D eigenvalue weighted by Gasteiger charge is -2.14. The quantitative estimate of drug-likeness (QED) is 0.712. The third-order valence-corrected chi connectivity index (χ3v) is 3.39. The highest BCUT2D eigenvalue weighted by Crippen LogP contribution is 2.35. The van der Waals surface area contributed by atoms with Crippen molar-refractivity contribution in [2.24, 2.45) is 5.92 Å². The van der Waals surface area contributed by atoms with E-state index in [-0.39, 0.29) is 0 Å². The minimum absolute atomic E-state index is 0.653. The maximum Gasteiger partial charge on any atom is 0.159 e. The minimum Gasteiger partial charge on any atom is -0.357 e. The van der Waals surface area contributed by atoms with Crippen molar-refractivity contribution in [3.05, 3.63) is 24.1 Å². The molecule has 1 atom stereocenters. The molecule has 0 radical (unpaired) electrons. The van der Waals surface area contributed by atoms with Crippen molar-refractivity contribution < 1.29 is 4.52 Å². The monoisotopic (exact) mass is 190 g/mol. The molecule has 3 heteroatoms. The van der Waals surface area contributed by atoms with Gasteiger partial charge in [-0.3, -0.25) is 4.90 Å². The zero-order valence-electron chi connectivity index (χ0n) is 8.10. The first-order valence-corrected chi connectivity index (χ1v) is 5.26. The molecule has 0 aromatic carbocycles. The Balaban J connectivity index is 1.73. The van der Waals surface area contributed by atoms with Crippen LogP contribution in [-0.2, 0) is 0 Å². The van der Waals surface area contributed by atoms with Gasteiger partial charge in [0.2, 0.25) is 0 Å². The lowest BCUT2D eigenvalue weighted by Crippen LogP contribution is -2.23. The lowest BCUT2D eigenvalue weighted by atomic mass is 9.99. The van der Waals surface area contributed by atoms with Gasteiger partial charge in [-0.05, 0) is 37.9 Å². The van der Waals surface area contributed by atoms with Crippen molar-refractivity contribution in [3.63, 3.8) is 0 Å². The Morgan fingerprint density at radius 1 is 1.43 bits per heavy atom. The molecule has 1 aromatic rings. The summed E-state index contributed by atoms with van der Waals surface area (Å²) < 4.78 is 5.03. The van der Waals surface area contributed by atoms with Gasteiger partial charge in [0, 0.05) is 12.1 Å². The van der Waals surface area contributed by atoms with Gasteiger partial charge in [0.05, 0.1) is 6.20 Å². The Bertz CT molecular complexity index is 311. The zero-order valence-corrected chi connectivity index (χ0v) is 8.10. The molecule has 0 spiro atoms. The number of nitrogens with zero attached hydrogens (tertiary/aromatic N) is 2. The summed E-state index contributed by atoms with van der Waals surface area (Å²) >= 11 is 0. The molecule has 2 saturated heterocycles. The summed E-state index contributed by atoms with van der Waals surface area (Å²) in [4.78, 5) is 2.55. The molecule has 3 rings (SSSR count). The van der Waals surface area contributed by atoms with Gasteiger partial charge in [0.15, 0.2) is 5.76 Å². The molecule has 2 aliphatic rings. The fraction of sp³-hybridized carbons (Fsp3) is 0.545. The molecule has 2 bridgehead atoms. The number of fused-ring (bicyclic) bond motifs is 2. The van der Waals surface area contributed by atoms with E-state index >= 15 is 0 Å². The molecule has 0 N–H and O–H groups in total. The lowest BCUT2D eigenvalue weighted by molar-refractivity contribution is 0.334. The zero-order chi connectivity index (χ0) is 9.38. The van der Waals surface area contributed by atoms with Crippen LogP contribution in [0.2, 0.25) is 0 Å². The second-order valence-corrected chi connectivity index (χ2v) is 4.14. The first-order valence-electron chi connectivity index (χ1n) is 5.26. The van der Waals surface area contributed by atoms with E-state index < -0.39 is 0 Å². The molecule has 1 aromatic heterocycles. The van der Waals surface area contributed by atoms with Crippen LogP contribution >= 0.6 is 0 Å². The van der Waals surface area contributed by atoms with Gasteiger partial charge in [-0.2, -0.15) is 0 Å². The van der Waals surface area contributed by atoms with E-state index in [1.165, 1.54) is 25.9 Å². The first-order chi connectivity index (χ1) is 6.93. The first kappa shape index (κ1) is 8.24. The van der Waals surface area contributed by atoms with E-state index in [1.807, 2.05) is 12.1 Å². The van der Waals surface area contributed by atoms with E-state index in [1.54, 1.807) is 6.20 Å². The number of rotatable bonds is 2. The molecular weight excluding hydrogens is 176 g/mol. The molecule has 0 aliphatic carbocycles. The largest absolute Gasteiger partial charge is 0.357 e. The van der Waals surface area contributed by atoms with Gasteiger partial charge in [0.1, 0.15) is 0 Å². The summed E-state index contributed by atoms with van der Waals surface area (Å²) in [5.74, 6) is 1.74. The summed E-state index contributed by atoms with van der Waals surface area (Å²) in [5, 5.41) is 3.68. The summed E-state index contributed by atoms with van der Waals surface area (Å²) in [5.41, 5.74) is 0. The fourth-order valence-corrected chi connectivity index (χ4v) is 2.64. The fourth-order valence-electron chi connectivity index (χ4n) is 2.64. The van der Waals surface area contributed by atoms with Crippen LogP contribution in [0, 0.1) is 5.92 Å². The third kappa shape index (κ3) is 1.28. The van der Waals surface area contributed by atoms with Crippen molar-refractivity contribution in [1.29, 1.82) is 0 Å². The average molecular weight is 190 g/mol. The summed E-state index contributed by atoms with van der Waals surface area (Å²) in [6, 6.07) is 2.54. The Hall–Kier alpha value is -1.09. The highest BCUT2D eigenvalue weighted by Gasteiger charge is 2.37. The molecule has 2 fully saturated rings. The van der Waals surface area contributed by atoms with Crippen LogP contribution in [0.3, 0.4) is 0 Å². The van der Waals surface area contributed by atoms with Crippen molar-refractivity contribution in [1.82, 2.24) is 10.1 Å². The van der Waals surface area contributed by atoms with Crippen molar-refractivity contribution in [3.8, 4) is 0 Å². The summed E-state index contributed by atoms with van der Waals surface area (Å²) in [6.07, 6.45) is 8.74. The van der Waals surface area contributed by atoms with Gasteiger partial charge in [0.25, 0.3) is 0 Å². The van der Waals surface area contributed by atoms with E-state index in [0.717, 1.165) is 11.7 Å². The highest BCUT2D eigenvalue weighted by molar-refractivity contribution is 5.43. The maximum atomic E-state index is 5.03. The molecule has 2 aliphatic heterocycles. The minimum atomic E-state index is 0.653. The normalized spacial score (nSPS) is 35.9. The van der Waals surface area contributed by atoms with E-state index in [9.17, 15) is 0 Å². The van der Waals surface area contributed by atoms with Gasteiger partial charge in [-0.25, -0.2) is 0 Å². The summed E-state index contributed by atoms with van der Waals surface area (Å²) in [6.45, 7) is 2.55. The maximum absolute atomic E-state index is 5.03. The SMILES string of the molecule is C(=C/C1C2CCN1CC2)/c1ccno1. The Morgan fingerprint density at radius 2 is 2.29 bits per heavy atom. The second-order valence-electron chi connectivity index (χ2n) is 4.14. The van der Waals surface area contributed by atoms with Crippen LogP contribution in [0.25, 0.3) is 6.08 Å². The Kier molecular flexibility index (Phi) is 1.91. The van der Waals surface area contributed by atoms with Gasteiger partial charge >= 0.3 is 0 Å². The van der Waals surface area contributed by atoms with Gasteiger partial charge in [-0.1, -0.05) is 11.2 Å². The van der Waals surface area contributed by atoms with Crippen LogP contribution in [0.1, 0.15) is 18.6 Å². The molecule has 74 valence electrons. The van der Waals surface area contributed by atoms with Crippen LogP contribution in [0.5, 0.6) is 0 Å². The van der Waals surface area contributed by atoms with Crippen LogP contribution in [-0.4, -0.2) is 29.2 Å². The second kappa shape index (κ2) is 3.24. The van der Waals surface area contributed by atoms with E-state index in [0.29, 0.717) is 6.04 Å². The number of hydrogen-bond donors (Lipinski definition) is 0. The molecule has 3 heterocycles. The smallest absolute Gasteiger partial charge is 0.159 e. The van der Waals surface area contributed by atoms with Gasteiger partial charge in [-0.15, -0.1) is 0 Å². The predicted octanol–water partition coefficient (Wildman–Crippen LogP) is 1.78. The number of aromatic nitrogens is 1. The molecule has 0 saturated carbocycles. The molecule has 3 nitrogen and oxygen atoms in total. The highest BCUT2D eigenvalue weighted by atomic mass is 16.5. The van der Waals surface area contributed by atoms with Crippen LogP contribution in [0.15, 0.2) is 22.9 Å². The summed E-state index contributed by atoms with van der Waals surface area (Å²) in [7, 11) is 0.